The van der Waals surface area contributed by atoms with Crippen molar-refractivity contribution in [3.05, 3.63) is 18.2 Å². The van der Waals surface area contributed by atoms with Gasteiger partial charge >= 0.3 is 5.92 Å². The Labute approximate surface area is 62.9 Å². The predicted molar refractivity (Wildman–Crippen MR) is 35.4 cm³/mol. The van der Waals surface area contributed by atoms with Gasteiger partial charge in [0.25, 0.3) is 0 Å². The lowest BCUT2D eigenvalue weighted by Gasteiger charge is -2.22. The predicted octanol–water partition coefficient (Wildman–Crippen LogP) is 1.77. The summed E-state index contributed by atoms with van der Waals surface area (Å²) in [6.07, 6.45) is 3.50. The summed E-state index contributed by atoms with van der Waals surface area (Å²) in [6, 6.07) is 0. The van der Waals surface area contributed by atoms with Gasteiger partial charge in [-0.2, -0.15) is 8.78 Å². The average Bonchev–Trinajstić information content (AvgIpc) is 2.34. The molecule has 0 aliphatic carbocycles. The molecular weight excluding hydrogens is 150 g/mol. The van der Waals surface area contributed by atoms with Gasteiger partial charge < -0.3 is 4.57 Å². The van der Waals surface area contributed by atoms with E-state index in [1.54, 1.807) is 6.20 Å². The fraction of sp³-hybridized carbons (Fsp3) is 0.571. The Hall–Kier alpha value is -0.930. The number of fused-ring (bicyclic) bond motifs is 1. The third-order valence-corrected chi connectivity index (χ3v) is 1.93. The van der Waals surface area contributed by atoms with E-state index in [0.717, 1.165) is 0 Å². The standard InChI is InChI=1S/C7H8F2N2/c8-7(9)2-1-4-11-5-3-10-6(7)11/h3,5H,1-2,4H2. The van der Waals surface area contributed by atoms with E-state index >= 15 is 0 Å². The van der Waals surface area contributed by atoms with Gasteiger partial charge in [0.05, 0.1) is 0 Å². The lowest BCUT2D eigenvalue weighted by Crippen LogP contribution is -2.25. The van der Waals surface area contributed by atoms with Gasteiger partial charge in [0.1, 0.15) is 0 Å². The highest BCUT2D eigenvalue weighted by Gasteiger charge is 2.38. The minimum Gasteiger partial charge on any atom is -0.330 e. The monoisotopic (exact) mass is 158 g/mol. The quantitative estimate of drug-likeness (QED) is 0.562. The highest BCUT2D eigenvalue weighted by atomic mass is 19.3. The number of hydrogen-bond acceptors (Lipinski definition) is 1. The Balaban J connectivity index is 2.48. The third kappa shape index (κ3) is 0.931. The Bertz CT molecular complexity index is 267. The van der Waals surface area contributed by atoms with Gasteiger partial charge in [-0.15, -0.1) is 0 Å². The number of imidazole rings is 1. The maximum atomic E-state index is 12.9. The van der Waals surface area contributed by atoms with Crippen LogP contribution in [0.15, 0.2) is 12.4 Å². The molecule has 0 N–H and O–H groups in total. The molecule has 1 aromatic rings. The molecule has 0 atom stereocenters. The summed E-state index contributed by atoms with van der Waals surface area (Å²) >= 11 is 0. The normalized spacial score (nSPS) is 21.3. The van der Waals surface area contributed by atoms with Gasteiger partial charge in [-0.25, -0.2) is 4.98 Å². The summed E-state index contributed by atoms with van der Waals surface area (Å²) in [7, 11) is 0. The maximum absolute atomic E-state index is 12.9. The highest BCUT2D eigenvalue weighted by molar-refractivity contribution is 5.03. The number of rotatable bonds is 0. The first-order valence-corrected chi connectivity index (χ1v) is 3.59. The molecule has 60 valence electrons. The van der Waals surface area contributed by atoms with E-state index in [1.807, 2.05) is 0 Å². The SMILES string of the molecule is FC1(F)CCCn2ccnc21. The van der Waals surface area contributed by atoms with E-state index in [1.165, 1.54) is 10.8 Å². The summed E-state index contributed by atoms with van der Waals surface area (Å²) < 4.78 is 27.4. The van der Waals surface area contributed by atoms with Crippen LogP contribution in [0.1, 0.15) is 18.7 Å². The molecule has 0 amide bonds. The van der Waals surface area contributed by atoms with E-state index < -0.39 is 5.92 Å². The van der Waals surface area contributed by atoms with Crippen molar-refractivity contribution in [3.63, 3.8) is 0 Å². The van der Waals surface area contributed by atoms with Gasteiger partial charge in [0, 0.05) is 25.4 Å². The summed E-state index contributed by atoms with van der Waals surface area (Å²) in [4.78, 5) is 3.62. The number of aromatic nitrogens is 2. The van der Waals surface area contributed by atoms with Crippen molar-refractivity contribution in [1.82, 2.24) is 9.55 Å². The summed E-state index contributed by atoms with van der Waals surface area (Å²) in [5.41, 5.74) is 0. The van der Waals surface area contributed by atoms with Crippen LogP contribution < -0.4 is 0 Å². The van der Waals surface area contributed by atoms with Crippen LogP contribution in [0.25, 0.3) is 0 Å². The van der Waals surface area contributed by atoms with Crippen LogP contribution >= 0.6 is 0 Å². The van der Waals surface area contributed by atoms with Crippen molar-refractivity contribution in [2.75, 3.05) is 0 Å². The molecule has 2 nitrogen and oxygen atoms in total. The first-order valence-electron chi connectivity index (χ1n) is 3.59. The molecular formula is C7H8F2N2. The van der Waals surface area contributed by atoms with Crippen LogP contribution in [-0.2, 0) is 12.5 Å². The molecule has 4 heteroatoms. The molecule has 0 radical (unpaired) electrons. The minimum atomic E-state index is -2.71. The molecule has 2 heterocycles. The van der Waals surface area contributed by atoms with Crippen molar-refractivity contribution >= 4 is 0 Å². The van der Waals surface area contributed by atoms with Crippen molar-refractivity contribution in [3.8, 4) is 0 Å². The molecule has 0 fully saturated rings. The van der Waals surface area contributed by atoms with Crippen LogP contribution in [0.2, 0.25) is 0 Å². The minimum absolute atomic E-state index is 0.0655. The Morgan fingerprint density at radius 3 is 3.09 bits per heavy atom. The Morgan fingerprint density at radius 2 is 2.36 bits per heavy atom. The van der Waals surface area contributed by atoms with E-state index in [9.17, 15) is 8.78 Å². The zero-order chi connectivity index (χ0) is 7.90. The molecule has 2 rings (SSSR count). The van der Waals surface area contributed by atoms with E-state index in [-0.39, 0.29) is 12.2 Å². The van der Waals surface area contributed by atoms with Crippen LogP contribution in [0, 0.1) is 0 Å². The molecule has 11 heavy (non-hydrogen) atoms. The fourth-order valence-electron chi connectivity index (χ4n) is 1.40. The van der Waals surface area contributed by atoms with E-state index in [4.69, 9.17) is 0 Å². The zero-order valence-corrected chi connectivity index (χ0v) is 5.93. The van der Waals surface area contributed by atoms with Crippen LogP contribution in [0.4, 0.5) is 8.78 Å². The summed E-state index contributed by atoms with van der Waals surface area (Å²) in [5.74, 6) is -2.79. The summed E-state index contributed by atoms with van der Waals surface area (Å²) in [6.45, 7) is 0.672. The second-order valence-corrected chi connectivity index (χ2v) is 2.75. The van der Waals surface area contributed by atoms with E-state index in [2.05, 4.69) is 4.98 Å². The lowest BCUT2D eigenvalue weighted by molar-refractivity contribution is -0.0391. The molecule has 0 saturated carbocycles. The van der Waals surface area contributed by atoms with Crippen molar-refractivity contribution in [2.45, 2.75) is 25.3 Å². The number of aryl methyl sites for hydroxylation is 1. The van der Waals surface area contributed by atoms with Gasteiger partial charge in [0.15, 0.2) is 5.82 Å². The lowest BCUT2D eigenvalue weighted by atomic mass is 10.1. The Kier molecular flexibility index (Phi) is 1.25. The van der Waals surface area contributed by atoms with Gasteiger partial charge in [-0.05, 0) is 6.42 Å². The van der Waals surface area contributed by atoms with Crippen LogP contribution in [0.5, 0.6) is 0 Å². The molecule has 0 unspecified atom stereocenters. The first kappa shape index (κ1) is 6.76. The number of hydrogen-bond donors (Lipinski definition) is 0. The molecule has 0 saturated heterocycles. The Morgan fingerprint density at radius 1 is 1.55 bits per heavy atom. The van der Waals surface area contributed by atoms with Crippen LogP contribution in [-0.4, -0.2) is 9.55 Å². The topological polar surface area (TPSA) is 17.8 Å². The molecule has 1 aromatic heterocycles. The van der Waals surface area contributed by atoms with Crippen molar-refractivity contribution in [1.29, 1.82) is 0 Å². The van der Waals surface area contributed by atoms with Crippen molar-refractivity contribution in [2.24, 2.45) is 0 Å². The van der Waals surface area contributed by atoms with Gasteiger partial charge in [-0.3, -0.25) is 0 Å². The zero-order valence-electron chi connectivity index (χ0n) is 5.93. The van der Waals surface area contributed by atoms with Gasteiger partial charge in [-0.1, -0.05) is 0 Å². The highest BCUT2D eigenvalue weighted by Crippen LogP contribution is 2.35. The first-order chi connectivity index (χ1) is 5.20. The maximum Gasteiger partial charge on any atom is 0.304 e. The van der Waals surface area contributed by atoms with E-state index in [0.29, 0.717) is 13.0 Å². The fourth-order valence-corrected chi connectivity index (χ4v) is 1.40. The molecule has 0 spiro atoms. The molecule has 1 aliphatic rings. The molecule has 0 aromatic carbocycles. The average molecular weight is 158 g/mol. The smallest absolute Gasteiger partial charge is 0.304 e. The largest absolute Gasteiger partial charge is 0.330 e. The third-order valence-electron chi connectivity index (χ3n) is 1.93. The molecule has 1 aliphatic heterocycles. The number of halogens is 2. The summed E-state index contributed by atoms with van der Waals surface area (Å²) in [5, 5.41) is 0. The number of nitrogens with zero attached hydrogens (tertiary/aromatic N) is 2. The molecule has 0 bridgehead atoms. The number of alkyl halides is 2. The van der Waals surface area contributed by atoms with Crippen LogP contribution in [0.3, 0.4) is 0 Å². The van der Waals surface area contributed by atoms with Gasteiger partial charge in [0.2, 0.25) is 0 Å². The van der Waals surface area contributed by atoms with Crippen molar-refractivity contribution < 1.29 is 8.78 Å². The second kappa shape index (κ2) is 2.03. The second-order valence-electron chi connectivity index (χ2n) is 2.75.